The predicted molar refractivity (Wildman–Crippen MR) is 109 cm³/mol. The van der Waals surface area contributed by atoms with Crippen LogP contribution in [0.4, 0.5) is 5.13 Å². The third-order valence-corrected chi connectivity index (χ3v) is 6.50. The Morgan fingerprint density at radius 1 is 1.18 bits per heavy atom. The van der Waals surface area contributed by atoms with Crippen molar-refractivity contribution < 1.29 is 14.3 Å². The van der Waals surface area contributed by atoms with Gasteiger partial charge in [0.05, 0.1) is 18.9 Å². The van der Waals surface area contributed by atoms with Crippen molar-refractivity contribution in [1.82, 2.24) is 14.8 Å². The molecule has 3 heterocycles. The van der Waals surface area contributed by atoms with Crippen molar-refractivity contribution in [3.63, 3.8) is 0 Å². The third kappa shape index (κ3) is 3.62. The van der Waals surface area contributed by atoms with Gasteiger partial charge in [0.15, 0.2) is 11.4 Å². The maximum atomic E-state index is 12.8. The number of aldehydes is 1. The topological polar surface area (TPSA) is 66.0 Å². The van der Waals surface area contributed by atoms with Crippen molar-refractivity contribution in [3.05, 3.63) is 39.9 Å². The van der Waals surface area contributed by atoms with Crippen LogP contribution in [0, 0.1) is 0 Å². The van der Waals surface area contributed by atoms with Crippen LogP contribution in [0.5, 0.6) is 5.75 Å². The number of benzene rings is 1. The fourth-order valence-corrected chi connectivity index (χ4v) is 4.62. The number of thiazole rings is 1. The number of likely N-dealkylation sites (N-methyl/N-ethyl adjacent to an activating group) is 1. The Bertz CT molecular complexity index is 890. The number of ether oxygens (including phenoxy) is 1. The lowest BCUT2D eigenvalue weighted by Crippen LogP contribution is -2.46. The number of amides is 1. The molecule has 1 aromatic carbocycles. The average Bonchev–Trinajstić information content (AvgIpc) is 3.22. The smallest absolute Gasteiger partial charge is 0.265 e. The largest absolute Gasteiger partial charge is 0.496 e. The molecule has 2 aromatic rings. The van der Waals surface area contributed by atoms with E-state index in [2.05, 4.69) is 21.8 Å². The van der Waals surface area contributed by atoms with Gasteiger partial charge in [-0.1, -0.05) is 11.3 Å². The molecule has 0 radical (unpaired) electrons. The monoisotopic (exact) mass is 400 g/mol. The summed E-state index contributed by atoms with van der Waals surface area (Å²) < 4.78 is 5.31. The second kappa shape index (κ2) is 7.89. The van der Waals surface area contributed by atoms with Gasteiger partial charge in [0.2, 0.25) is 0 Å². The van der Waals surface area contributed by atoms with Crippen LogP contribution in [0.3, 0.4) is 0 Å². The summed E-state index contributed by atoms with van der Waals surface area (Å²) in [6, 6.07) is 3.86. The Labute approximate surface area is 168 Å². The van der Waals surface area contributed by atoms with E-state index in [4.69, 9.17) is 4.74 Å². The standard InChI is InChI=1S/C20H24N4O3S/c1-22-5-7-23(8-6-22)19(26)18-11-21-20(28-18)24-4-3-14-10-17(27-2)16(13-25)9-15(14)12-24/h9-11,13H,3-8,12H2,1-2H3. The normalized spacial score (nSPS) is 17.4. The predicted octanol–water partition coefficient (Wildman–Crippen LogP) is 1.91. The molecular weight excluding hydrogens is 376 g/mol. The van der Waals surface area contributed by atoms with Gasteiger partial charge < -0.3 is 19.4 Å². The van der Waals surface area contributed by atoms with E-state index in [9.17, 15) is 9.59 Å². The number of fused-ring (bicyclic) bond motifs is 1. The molecule has 1 fully saturated rings. The molecule has 1 saturated heterocycles. The molecule has 148 valence electrons. The summed E-state index contributed by atoms with van der Waals surface area (Å²) in [6.45, 7) is 4.83. The highest BCUT2D eigenvalue weighted by Crippen LogP contribution is 2.31. The minimum Gasteiger partial charge on any atom is -0.496 e. The van der Waals surface area contributed by atoms with Gasteiger partial charge in [0.25, 0.3) is 5.91 Å². The Hall–Kier alpha value is -2.45. The maximum absolute atomic E-state index is 12.8. The molecule has 7 nitrogen and oxygen atoms in total. The van der Waals surface area contributed by atoms with Crippen molar-refractivity contribution in [2.24, 2.45) is 0 Å². The number of piperazine rings is 1. The Balaban J connectivity index is 1.49. The van der Waals surface area contributed by atoms with Gasteiger partial charge in [-0.3, -0.25) is 9.59 Å². The molecule has 2 aliphatic heterocycles. The summed E-state index contributed by atoms with van der Waals surface area (Å²) in [6.07, 6.45) is 3.38. The van der Waals surface area contributed by atoms with E-state index in [0.29, 0.717) is 22.7 Å². The van der Waals surface area contributed by atoms with E-state index in [1.165, 1.54) is 16.9 Å². The Morgan fingerprint density at radius 2 is 1.96 bits per heavy atom. The van der Waals surface area contributed by atoms with Crippen LogP contribution in [0.1, 0.15) is 31.2 Å². The quantitative estimate of drug-likeness (QED) is 0.731. The minimum absolute atomic E-state index is 0.0715. The molecule has 4 rings (SSSR count). The molecule has 28 heavy (non-hydrogen) atoms. The van der Waals surface area contributed by atoms with Crippen molar-refractivity contribution in [2.45, 2.75) is 13.0 Å². The number of anilines is 1. The number of aromatic nitrogens is 1. The van der Waals surface area contributed by atoms with Crippen LogP contribution in [-0.2, 0) is 13.0 Å². The number of nitrogens with zero attached hydrogens (tertiary/aromatic N) is 4. The van der Waals surface area contributed by atoms with Gasteiger partial charge in [-0.15, -0.1) is 0 Å². The molecule has 0 N–H and O–H groups in total. The number of methoxy groups -OCH3 is 1. The number of hydrogen-bond donors (Lipinski definition) is 0. The molecule has 0 atom stereocenters. The first-order valence-corrected chi connectivity index (χ1v) is 10.2. The molecule has 0 aliphatic carbocycles. The third-order valence-electron chi connectivity index (χ3n) is 5.46. The summed E-state index contributed by atoms with van der Waals surface area (Å²) in [4.78, 5) is 35.6. The van der Waals surface area contributed by atoms with Crippen LogP contribution in [0.2, 0.25) is 0 Å². The minimum atomic E-state index is 0.0715. The van der Waals surface area contributed by atoms with Crippen molar-refractivity contribution >= 4 is 28.7 Å². The molecule has 0 bridgehead atoms. The summed E-state index contributed by atoms with van der Waals surface area (Å²) in [7, 11) is 3.66. The van der Waals surface area contributed by atoms with E-state index in [0.717, 1.165) is 56.1 Å². The Morgan fingerprint density at radius 3 is 2.68 bits per heavy atom. The highest BCUT2D eigenvalue weighted by atomic mass is 32.1. The van der Waals surface area contributed by atoms with Gasteiger partial charge in [0, 0.05) is 39.3 Å². The molecule has 0 unspecified atom stereocenters. The lowest BCUT2D eigenvalue weighted by Gasteiger charge is -2.32. The average molecular weight is 401 g/mol. The zero-order valence-electron chi connectivity index (χ0n) is 16.2. The van der Waals surface area contributed by atoms with E-state index in [-0.39, 0.29) is 5.91 Å². The summed E-state index contributed by atoms with van der Waals surface area (Å²) in [5.41, 5.74) is 2.87. The van der Waals surface area contributed by atoms with Crippen molar-refractivity contribution in [1.29, 1.82) is 0 Å². The van der Waals surface area contributed by atoms with Gasteiger partial charge in [-0.2, -0.15) is 0 Å². The number of carbonyl (C=O) groups is 2. The zero-order chi connectivity index (χ0) is 19.7. The second-order valence-corrected chi connectivity index (χ2v) is 8.26. The molecule has 0 saturated carbocycles. The highest BCUT2D eigenvalue weighted by molar-refractivity contribution is 7.17. The number of carbonyl (C=O) groups excluding carboxylic acids is 2. The first-order chi connectivity index (χ1) is 13.6. The Kier molecular flexibility index (Phi) is 5.32. The lowest BCUT2D eigenvalue weighted by atomic mass is 9.97. The molecule has 1 aromatic heterocycles. The first-order valence-electron chi connectivity index (χ1n) is 9.42. The van der Waals surface area contributed by atoms with Crippen LogP contribution in [-0.4, -0.2) is 73.9 Å². The molecule has 0 spiro atoms. The summed E-state index contributed by atoms with van der Waals surface area (Å²) >= 11 is 1.45. The van der Waals surface area contributed by atoms with Crippen molar-refractivity contribution in [3.8, 4) is 5.75 Å². The lowest BCUT2D eigenvalue weighted by molar-refractivity contribution is 0.0668. The van der Waals surface area contributed by atoms with E-state index in [1.807, 2.05) is 17.0 Å². The number of rotatable bonds is 4. The number of hydrogen-bond acceptors (Lipinski definition) is 7. The van der Waals surface area contributed by atoms with E-state index < -0.39 is 0 Å². The van der Waals surface area contributed by atoms with Crippen LogP contribution >= 0.6 is 11.3 Å². The van der Waals surface area contributed by atoms with E-state index >= 15 is 0 Å². The molecule has 2 aliphatic rings. The van der Waals surface area contributed by atoms with Gasteiger partial charge in [0.1, 0.15) is 10.6 Å². The fraction of sp³-hybridized carbons (Fsp3) is 0.450. The van der Waals surface area contributed by atoms with Crippen LogP contribution in [0.25, 0.3) is 0 Å². The molecule has 1 amide bonds. The summed E-state index contributed by atoms with van der Waals surface area (Å²) in [5, 5.41) is 0.853. The van der Waals surface area contributed by atoms with Gasteiger partial charge >= 0.3 is 0 Å². The highest BCUT2D eigenvalue weighted by Gasteiger charge is 2.25. The molecular formula is C20H24N4O3S. The van der Waals surface area contributed by atoms with Crippen LogP contribution in [0.15, 0.2) is 18.3 Å². The second-order valence-electron chi connectivity index (χ2n) is 7.25. The van der Waals surface area contributed by atoms with Gasteiger partial charge in [-0.05, 0) is 36.7 Å². The fourth-order valence-electron chi connectivity index (χ4n) is 3.71. The maximum Gasteiger partial charge on any atom is 0.265 e. The van der Waals surface area contributed by atoms with E-state index in [1.54, 1.807) is 13.3 Å². The van der Waals surface area contributed by atoms with Gasteiger partial charge in [-0.25, -0.2) is 4.98 Å². The SMILES string of the molecule is COc1cc2c(cc1C=O)CN(c1ncc(C(=O)N3CCN(C)CC3)s1)CC2. The van der Waals surface area contributed by atoms with Crippen LogP contribution < -0.4 is 9.64 Å². The first kappa shape index (κ1) is 18.9. The van der Waals surface area contributed by atoms with Crippen molar-refractivity contribution in [2.75, 3.05) is 51.8 Å². The zero-order valence-corrected chi connectivity index (χ0v) is 17.0. The summed E-state index contributed by atoms with van der Waals surface area (Å²) in [5.74, 6) is 0.693. The molecule has 8 heteroatoms.